The van der Waals surface area contributed by atoms with E-state index in [1.807, 2.05) is 0 Å². The average Bonchev–Trinajstić information content (AvgIpc) is 2.69. The lowest BCUT2D eigenvalue weighted by molar-refractivity contribution is 0.250. The Hall–Kier alpha value is -1.27. The number of carbonyl (C=O) groups is 1. The van der Waals surface area contributed by atoms with Crippen molar-refractivity contribution >= 4 is 33.2 Å². The van der Waals surface area contributed by atoms with Gasteiger partial charge in [0.15, 0.2) is 9.84 Å². The van der Waals surface area contributed by atoms with Crippen LogP contribution in [0.15, 0.2) is 24.3 Å². The third kappa shape index (κ3) is 4.40. The lowest BCUT2D eigenvalue weighted by Gasteiger charge is -2.10. The molecule has 1 aromatic carbocycles. The molecule has 1 aliphatic heterocycles. The monoisotopic (exact) mass is 302 g/mol. The lowest BCUT2D eigenvalue weighted by atomic mass is 10.1. The van der Waals surface area contributed by atoms with Crippen molar-refractivity contribution in [3.63, 3.8) is 0 Å². The third-order valence-corrected chi connectivity index (χ3v) is 5.07. The van der Waals surface area contributed by atoms with E-state index in [2.05, 4.69) is 10.6 Å². The summed E-state index contributed by atoms with van der Waals surface area (Å²) in [4.78, 5) is 11.6. The van der Waals surface area contributed by atoms with Gasteiger partial charge in [0.05, 0.1) is 11.5 Å². The molecule has 1 heterocycles. The van der Waals surface area contributed by atoms with Gasteiger partial charge in [-0.2, -0.15) is 0 Å². The zero-order valence-corrected chi connectivity index (χ0v) is 11.8. The van der Waals surface area contributed by atoms with Crippen molar-refractivity contribution in [3.05, 3.63) is 29.3 Å². The normalized spacial score (nSPS) is 21.0. The van der Waals surface area contributed by atoms with E-state index in [-0.39, 0.29) is 23.5 Å². The first-order valence-electron chi connectivity index (χ1n) is 5.95. The van der Waals surface area contributed by atoms with Crippen LogP contribution in [-0.4, -0.2) is 32.5 Å². The number of halogens is 1. The first-order chi connectivity index (χ1) is 8.94. The number of rotatable bonds is 3. The summed E-state index contributed by atoms with van der Waals surface area (Å²) in [6, 6.07) is 6.41. The highest BCUT2D eigenvalue weighted by molar-refractivity contribution is 7.91. The Morgan fingerprint density at radius 2 is 2.00 bits per heavy atom. The molecule has 1 atom stereocenters. The number of carbonyl (C=O) groups excluding carboxylic acids is 1. The molecule has 1 unspecified atom stereocenters. The number of hydrogen-bond acceptors (Lipinski definition) is 3. The van der Waals surface area contributed by atoms with Crippen molar-refractivity contribution in [2.45, 2.75) is 6.42 Å². The molecule has 1 saturated heterocycles. The van der Waals surface area contributed by atoms with Gasteiger partial charge in [0.2, 0.25) is 0 Å². The SMILES string of the molecule is O=C(NCC1CCS(=O)(=O)C1)Nc1ccc(Cl)cc1. The number of anilines is 1. The molecule has 0 spiro atoms. The predicted molar refractivity (Wildman–Crippen MR) is 75.2 cm³/mol. The zero-order valence-electron chi connectivity index (χ0n) is 10.2. The molecule has 104 valence electrons. The zero-order chi connectivity index (χ0) is 13.9. The quantitative estimate of drug-likeness (QED) is 0.895. The van der Waals surface area contributed by atoms with Crippen LogP contribution in [0.2, 0.25) is 5.02 Å². The van der Waals surface area contributed by atoms with Crippen molar-refractivity contribution in [1.82, 2.24) is 5.32 Å². The van der Waals surface area contributed by atoms with Crippen LogP contribution < -0.4 is 10.6 Å². The summed E-state index contributed by atoms with van der Waals surface area (Å²) < 4.78 is 22.5. The number of sulfone groups is 1. The summed E-state index contributed by atoms with van der Waals surface area (Å²) in [6.45, 7) is 0.374. The minimum Gasteiger partial charge on any atom is -0.338 e. The van der Waals surface area contributed by atoms with Crippen molar-refractivity contribution in [3.8, 4) is 0 Å². The number of urea groups is 1. The second kappa shape index (κ2) is 5.79. The topological polar surface area (TPSA) is 75.3 Å². The van der Waals surface area contributed by atoms with Gasteiger partial charge in [-0.05, 0) is 36.6 Å². The Morgan fingerprint density at radius 1 is 1.32 bits per heavy atom. The van der Waals surface area contributed by atoms with Crippen LogP contribution in [0, 0.1) is 5.92 Å². The molecule has 19 heavy (non-hydrogen) atoms. The minimum absolute atomic E-state index is 0.0148. The molecule has 2 N–H and O–H groups in total. The summed E-state index contributed by atoms with van der Waals surface area (Å²) in [7, 11) is -2.89. The van der Waals surface area contributed by atoms with Crippen LogP contribution in [0.25, 0.3) is 0 Å². The Bertz CT molecular complexity index is 557. The van der Waals surface area contributed by atoms with E-state index in [0.717, 1.165) is 0 Å². The van der Waals surface area contributed by atoms with Crippen molar-refractivity contribution in [1.29, 1.82) is 0 Å². The lowest BCUT2D eigenvalue weighted by Crippen LogP contribution is -2.33. The first-order valence-corrected chi connectivity index (χ1v) is 8.15. The molecule has 1 fully saturated rings. The van der Waals surface area contributed by atoms with Crippen LogP contribution in [0.5, 0.6) is 0 Å². The van der Waals surface area contributed by atoms with Crippen LogP contribution in [0.3, 0.4) is 0 Å². The van der Waals surface area contributed by atoms with Gasteiger partial charge in [-0.15, -0.1) is 0 Å². The van der Waals surface area contributed by atoms with Gasteiger partial charge in [0.25, 0.3) is 0 Å². The predicted octanol–water partition coefficient (Wildman–Crippen LogP) is 1.90. The van der Waals surface area contributed by atoms with Gasteiger partial charge in [-0.1, -0.05) is 11.6 Å². The van der Waals surface area contributed by atoms with E-state index in [4.69, 9.17) is 11.6 Å². The van der Waals surface area contributed by atoms with Gasteiger partial charge < -0.3 is 10.6 Å². The smallest absolute Gasteiger partial charge is 0.319 e. The molecule has 0 saturated carbocycles. The van der Waals surface area contributed by atoms with Crippen molar-refractivity contribution < 1.29 is 13.2 Å². The standard InChI is InChI=1S/C12H15ClN2O3S/c13-10-1-3-11(4-2-10)15-12(16)14-7-9-5-6-19(17,18)8-9/h1-4,9H,5-8H2,(H2,14,15,16). The van der Waals surface area contributed by atoms with E-state index in [0.29, 0.717) is 23.7 Å². The van der Waals surface area contributed by atoms with E-state index in [1.165, 1.54) is 0 Å². The fourth-order valence-electron chi connectivity index (χ4n) is 1.98. The number of benzene rings is 1. The molecular formula is C12H15ClN2O3S. The minimum atomic E-state index is -2.89. The number of amides is 2. The number of nitrogens with one attached hydrogen (secondary N) is 2. The molecule has 7 heteroatoms. The van der Waals surface area contributed by atoms with Gasteiger partial charge >= 0.3 is 6.03 Å². The van der Waals surface area contributed by atoms with E-state index in [9.17, 15) is 13.2 Å². The molecule has 2 rings (SSSR count). The Morgan fingerprint density at radius 3 is 2.58 bits per heavy atom. The molecule has 1 aliphatic rings. The number of hydrogen-bond donors (Lipinski definition) is 2. The molecule has 0 bridgehead atoms. The Balaban J connectivity index is 1.78. The fraction of sp³-hybridized carbons (Fsp3) is 0.417. The Labute approximate surface area is 117 Å². The largest absolute Gasteiger partial charge is 0.338 e. The molecule has 1 aromatic rings. The molecule has 0 radical (unpaired) electrons. The second-order valence-electron chi connectivity index (χ2n) is 4.61. The van der Waals surface area contributed by atoms with Gasteiger partial charge in [0, 0.05) is 17.3 Å². The highest BCUT2D eigenvalue weighted by atomic mass is 35.5. The fourth-order valence-corrected chi connectivity index (χ4v) is 3.97. The van der Waals surface area contributed by atoms with E-state index < -0.39 is 9.84 Å². The van der Waals surface area contributed by atoms with Crippen LogP contribution >= 0.6 is 11.6 Å². The van der Waals surface area contributed by atoms with Gasteiger partial charge in [-0.3, -0.25) is 0 Å². The average molecular weight is 303 g/mol. The molecular weight excluding hydrogens is 288 g/mol. The van der Waals surface area contributed by atoms with Crippen LogP contribution in [0.1, 0.15) is 6.42 Å². The first kappa shape index (κ1) is 14.1. The Kier molecular flexibility index (Phi) is 4.31. The second-order valence-corrected chi connectivity index (χ2v) is 7.28. The molecule has 0 aromatic heterocycles. The maximum absolute atomic E-state index is 11.6. The molecule has 2 amide bonds. The highest BCUT2D eigenvalue weighted by Gasteiger charge is 2.27. The molecule has 5 nitrogen and oxygen atoms in total. The third-order valence-electron chi connectivity index (χ3n) is 2.98. The molecule has 0 aliphatic carbocycles. The van der Waals surface area contributed by atoms with Crippen molar-refractivity contribution in [2.24, 2.45) is 5.92 Å². The summed E-state index contributed by atoms with van der Waals surface area (Å²) in [5, 5.41) is 5.93. The van der Waals surface area contributed by atoms with Crippen LogP contribution in [0.4, 0.5) is 10.5 Å². The summed E-state index contributed by atoms with van der Waals surface area (Å²) in [5.74, 6) is 0.396. The van der Waals surface area contributed by atoms with Gasteiger partial charge in [-0.25, -0.2) is 13.2 Å². The summed E-state index contributed by atoms with van der Waals surface area (Å²) in [6.07, 6.45) is 0.615. The van der Waals surface area contributed by atoms with Crippen molar-refractivity contribution in [2.75, 3.05) is 23.4 Å². The summed E-state index contributed by atoms with van der Waals surface area (Å²) in [5.41, 5.74) is 0.640. The van der Waals surface area contributed by atoms with E-state index >= 15 is 0 Å². The van der Waals surface area contributed by atoms with Crippen LogP contribution in [-0.2, 0) is 9.84 Å². The maximum atomic E-state index is 11.6. The van der Waals surface area contributed by atoms with E-state index in [1.54, 1.807) is 24.3 Å². The highest BCUT2D eigenvalue weighted by Crippen LogP contribution is 2.17. The maximum Gasteiger partial charge on any atom is 0.319 e. The van der Waals surface area contributed by atoms with Gasteiger partial charge in [0.1, 0.15) is 0 Å². The summed E-state index contributed by atoms with van der Waals surface area (Å²) >= 11 is 5.74.